The van der Waals surface area contributed by atoms with Gasteiger partial charge < -0.3 is 10.1 Å². The van der Waals surface area contributed by atoms with Gasteiger partial charge in [-0.15, -0.1) is 0 Å². The van der Waals surface area contributed by atoms with Gasteiger partial charge in [-0.2, -0.15) is 0 Å². The average molecular weight is 200 g/mol. The molecular weight excluding hydrogens is 176 g/mol. The molecule has 84 valence electrons. The lowest BCUT2D eigenvalue weighted by Crippen LogP contribution is -2.42. The Labute approximate surface area is 87.8 Å². The number of morpholine rings is 1. The second-order valence-corrected chi connectivity index (χ2v) is 3.99. The Morgan fingerprint density at radius 2 is 2.07 bits per heavy atom. The minimum atomic E-state index is 0.720. The third kappa shape index (κ3) is 4.40. The van der Waals surface area contributed by atoms with Crippen molar-refractivity contribution in [1.29, 1.82) is 0 Å². The molecule has 3 heteroatoms. The van der Waals surface area contributed by atoms with Gasteiger partial charge in [-0.05, 0) is 32.9 Å². The Kier molecular flexibility index (Phi) is 6.15. The van der Waals surface area contributed by atoms with Crippen molar-refractivity contribution in [3.63, 3.8) is 0 Å². The summed E-state index contributed by atoms with van der Waals surface area (Å²) in [5, 5.41) is 3.36. The molecule has 1 aliphatic heterocycles. The van der Waals surface area contributed by atoms with E-state index < -0.39 is 0 Å². The molecule has 1 fully saturated rings. The summed E-state index contributed by atoms with van der Waals surface area (Å²) in [6.07, 6.45) is 2.58. The molecule has 0 saturated carbocycles. The number of nitrogens with zero attached hydrogens (tertiary/aromatic N) is 1. The molecule has 3 nitrogen and oxygen atoms in total. The molecule has 1 N–H and O–H groups in total. The maximum Gasteiger partial charge on any atom is 0.0594 e. The van der Waals surface area contributed by atoms with Gasteiger partial charge in [0.15, 0.2) is 0 Å². The highest BCUT2D eigenvalue weighted by molar-refractivity contribution is 4.70. The summed E-state index contributed by atoms with van der Waals surface area (Å²) >= 11 is 0. The normalized spacial score (nSPS) is 21.0. The van der Waals surface area contributed by atoms with Crippen LogP contribution in [0.25, 0.3) is 0 Å². The zero-order chi connectivity index (χ0) is 10.2. The quantitative estimate of drug-likeness (QED) is 0.650. The van der Waals surface area contributed by atoms with Crippen LogP contribution in [0.5, 0.6) is 0 Å². The first-order valence-corrected chi connectivity index (χ1v) is 5.87. The van der Waals surface area contributed by atoms with E-state index in [1.54, 1.807) is 0 Å². The van der Waals surface area contributed by atoms with Gasteiger partial charge >= 0.3 is 0 Å². The topological polar surface area (TPSA) is 24.5 Å². The number of hydrogen-bond acceptors (Lipinski definition) is 3. The fourth-order valence-electron chi connectivity index (χ4n) is 1.90. The minimum absolute atomic E-state index is 0.720. The monoisotopic (exact) mass is 200 g/mol. The summed E-state index contributed by atoms with van der Waals surface area (Å²) in [7, 11) is 0. The predicted octanol–water partition coefficient (Wildman–Crippen LogP) is 1.10. The molecule has 1 unspecified atom stereocenters. The molecule has 0 aromatic rings. The summed E-state index contributed by atoms with van der Waals surface area (Å²) in [6.45, 7) is 10.8. The van der Waals surface area contributed by atoms with E-state index in [2.05, 4.69) is 24.1 Å². The molecule has 0 bridgehead atoms. The van der Waals surface area contributed by atoms with Crippen molar-refractivity contribution in [2.75, 3.05) is 39.4 Å². The van der Waals surface area contributed by atoms with Crippen LogP contribution in [-0.4, -0.2) is 50.3 Å². The Morgan fingerprint density at radius 3 is 2.71 bits per heavy atom. The van der Waals surface area contributed by atoms with Crippen molar-refractivity contribution in [2.45, 2.75) is 32.7 Å². The third-order valence-electron chi connectivity index (χ3n) is 2.89. The molecule has 0 aromatic carbocycles. The molecule has 1 atom stereocenters. The molecule has 0 spiro atoms. The summed E-state index contributed by atoms with van der Waals surface area (Å²) in [4.78, 5) is 2.54. The van der Waals surface area contributed by atoms with Crippen LogP contribution in [0, 0.1) is 0 Å². The molecule has 0 radical (unpaired) electrons. The second-order valence-electron chi connectivity index (χ2n) is 3.99. The molecule has 0 aliphatic carbocycles. The standard InChI is InChI=1S/C11H24N2O/c1-3-12-6-4-5-11(2)13-7-9-14-10-8-13/h11-12H,3-10H2,1-2H3. The van der Waals surface area contributed by atoms with Crippen molar-refractivity contribution in [1.82, 2.24) is 10.2 Å². The molecule has 0 aromatic heterocycles. The average Bonchev–Trinajstić information content (AvgIpc) is 2.25. The number of rotatable bonds is 6. The highest BCUT2D eigenvalue weighted by Gasteiger charge is 2.15. The van der Waals surface area contributed by atoms with Gasteiger partial charge in [0.2, 0.25) is 0 Å². The van der Waals surface area contributed by atoms with Gasteiger partial charge in [-0.3, -0.25) is 4.90 Å². The van der Waals surface area contributed by atoms with Gasteiger partial charge in [-0.1, -0.05) is 6.92 Å². The van der Waals surface area contributed by atoms with E-state index in [9.17, 15) is 0 Å². The van der Waals surface area contributed by atoms with E-state index in [4.69, 9.17) is 4.74 Å². The largest absolute Gasteiger partial charge is 0.379 e. The zero-order valence-corrected chi connectivity index (χ0v) is 9.59. The summed E-state index contributed by atoms with van der Waals surface area (Å²) in [6, 6.07) is 0.720. The molecular formula is C11H24N2O. The molecule has 0 amide bonds. The lowest BCUT2D eigenvalue weighted by atomic mass is 10.1. The van der Waals surface area contributed by atoms with Gasteiger partial charge in [0.1, 0.15) is 0 Å². The molecule has 14 heavy (non-hydrogen) atoms. The second kappa shape index (κ2) is 7.21. The van der Waals surface area contributed by atoms with E-state index >= 15 is 0 Å². The lowest BCUT2D eigenvalue weighted by Gasteiger charge is -2.32. The van der Waals surface area contributed by atoms with Crippen LogP contribution in [0.15, 0.2) is 0 Å². The number of hydrogen-bond donors (Lipinski definition) is 1. The Morgan fingerprint density at radius 1 is 1.36 bits per heavy atom. The van der Waals surface area contributed by atoms with E-state index in [1.807, 2.05) is 0 Å². The molecule has 1 aliphatic rings. The van der Waals surface area contributed by atoms with Gasteiger partial charge in [0, 0.05) is 19.1 Å². The van der Waals surface area contributed by atoms with Crippen molar-refractivity contribution in [3.05, 3.63) is 0 Å². The van der Waals surface area contributed by atoms with Crippen LogP contribution in [-0.2, 0) is 4.74 Å². The van der Waals surface area contributed by atoms with E-state index in [1.165, 1.54) is 12.8 Å². The Bertz CT molecular complexity index is 135. The van der Waals surface area contributed by atoms with Crippen LogP contribution in [0.4, 0.5) is 0 Å². The third-order valence-corrected chi connectivity index (χ3v) is 2.89. The minimum Gasteiger partial charge on any atom is -0.379 e. The Hall–Kier alpha value is -0.120. The van der Waals surface area contributed by atoms with Crippen LogP contribution < -0.4 is 5.32 Å². The smallest absolute Gasteiger partial charge is 0.0594 e. The Balaban J connectivity index is 2.04. The maximum absolute atomic E-state index is 5.34. The maximum atomic E-state index is 5.34. The first kappa shape index (κ1) is 12.0. The summed E-state index contributed by atoms with van der Waals surface area (Å²) in [5.41, 5.74) is 0. The predicted molar refractivity (Wildman–Crippen MR) is 59.6 cm³/mol. The van der Waals surface area contributed by atoms with Gasteiger partial charge in [-0.25, -0.2) is 0 Å². The van der Waals surface area contributed by atoms with E-state index in [-0.39, 0.29) is 0 Å². The van der Waals surface area contributed by atoms with E-state index in [0.717, 1.165) is 45.4 Å². The van der Waals surface area contributed by atoms with Crippen LogP contribution in [0.2, 0.25) is 0 Å². The first-order valence-electron chi connectivity index (χ1n) is 5.87. The summed E-state index contributed by atoms with van der Waals surface area (Å²) in [5.74, 6) is 0. The number of nitrogens with one attached hydrogen (secondary N) is 1. The first-order chi connectivity index (χ1) is 6.84. The van der Waals surface area contributed by atoms with Crippen molar-refractivity contribution in [2.24, 2.45) is 0 Å². The van der Waals surface area contributed by atoms with E-state index in [0.29, 0.717) is 0 Å². The zero-order valence-electron chi connectivity index (χ0n) is 9.59. The van der Waals surface area contributed by atoms with Gasteiger partial charge in [0.25, 0.3) is 0 Å². The highest BCUT2D eigenvalue weighted by atomic mass is 16.5. The SMILES string of the molecule is CCNCCCC(C)N1CCOCC1. The van der Waals surface area contributed by atoms with Crippen molar-refractivity contribution < 1.29 is 4.74 Å². The van der Waals surface area contributed by atoms with Crippen LogP contribution >= 0.6 is 0 Å². The van der Waals surface area contributed by atoms with Crippen molar-refractivity contribution >= 4 is 0 Å². The van der Waals surface area contributed by atoms with Crippen LogP contribution in [0.1, 0.15) is 26.7 Å². The number of ether oxygens (including phenoxy) is 1. The van der Waals surface area contributed by atoms with Crippen molar-refractivity contribution in [3.8, 4) is 0 Å². The fourth-order valence-corrected chi connectivity index (χ4v) is 1.90. The van der Waals surface area contributed by atoms with Crippen LogP contribution in [0.3, 0.4) is 0 Å². The fraction of sp³-hybridized carbons (Fsp3) is 1.00. The summed E-state index contributed by atoms with van der Waals surface area (Å²) < 4.78 is 5.34. The molecule has 1 rings (SSSR count). The molecule has 1 heterocycles. The molecule has 1 saturated heterocycles. The van der Waals surface area contributed by atoms with Gasteiger partial charge in [0.05, 0.1) is 13.2 Å². The lowest BCUT2D eigenvalue weighted by molar-refractivity contribution is 0.0183. The highest BCUT2D eigenvalue weighted by Crippen LogP contribution is 2.08.